The summed E-state index contributed by atoms with van der Waals surface area (Å²) in [5.41, 5.74) is 5.36. The molecule has 27 heavy (non-hydrogen) atoms. The van der Waals surface area contributed by atoms with E-state index in [9.17, 15) is 27.6 Å². The number of pyridine rings is 1. The Morgan fingerprint density at radius 3 is 2.78 bits per heavy atom. The lowest BCUT2D eigenvalue weighted by molar-refractivity contribution is -0.119. The second kappa shape index (κ2) is 8.89. The lowest BCUT2D eigenvalue weighted by Gasteiger charge is -2.29. The van der Waals surface area contributed by atoms with Crippen molar-refractivity contribution in [3.8, 4) is 0 Å². The van der Waals surface area contributed by atoms with Crippen molar-refractivity contribution in [3.05, 3.63) is 41.7 Å². The lowest BCUT2D eigenvalue weighted by atomic mass is 10.1. The third-order valence-electron chi connectivity index (χ3n) is 3.51. The second-order valence-corrected chi connectivity index (χ2v) is 6.70. The molecule has 146 valence electrons. The minimum absolute atomic E-state index is 0.0346. The number of nitrogens with two attached hydrogens (primary N) is 1. The van der Waals surface area contributed by atoms with E-state index in [1.807, 2.05) is 0 Å². The molecule has 11 heteroatoms. The van der Waals surface area contributed by atoms with Gasteiger partial charge in [0.05, 0.1) is 17.5 Å². The van der Waals surface area contributed by atoms with Gasteiger partial charge in [0.2, 0.25) is 11.8 Å². The topological polar surface area (TPSA) is 105 Å². The zero-order valence-electron chi connectivity index (χ0n) is 14.0. The SMILES string of the molecule is NC(=O)c1ccnc(C(=O)N2CC=CC(NC(=O)CSCC(F)(F)F)C2)c1. The van der Waals surface area contributed by atoms with E-state index in [-0.39, 0.29) is 30.1 Å². The van der Waals surface area contributed by atoms with Crippen LogP contribution >= 0.6 is 11.8 Å². The summed E-state index contributed by atoms with van der Waals surface area (Å²) in [6, 6.07) is 2.14. The van der Waals surface area contributed by atoms with Crippen LogP contribution in [-0.2, 0) is 4.79 Å². The van der Waals surface area contributed by atoms with Crippen LogP contribution in [0, 0.1) is 0 Å². The quantitative estimate of drug-likeness (QED) is 0.690. The highest BCUT2D eigenvalue weighted by molar-refractivity contribution is 8.00. The molecule has 2 rings (SSSR count). The van der Waals surface area contributed by atoms with Crippen LogP contribution in [0.15, 0.2) is 30.5 Å². The van der Waals surface area contributed by atoms with Crippen molar-refractivity contribution in [2.75, 3.05) is 24.6 Å². The number of rotatable bonds is 6. The standard InChI is InChI=1S/C16H17F3N4O3S/c17-16(18,19)9-27-8-13(24)22-11-2-1-5-23(7-11)15(26)12-6-10(14(20)25)3-4-21-12/h1-4,6,11H,5,7-9H2,(H2,20,25)(H,22,24). The predicted octanol–water partition coefficient (Wildman–Crippen LogP) is 0.973. The molecular formula is C16H17F3N4O3S. The highest BCUT2D eigenvalue weighted by atomic mass is 32.2. The van der Waals surface area contributed by atoms with Gasteiger partial charge in [-0.15, -0.1) is 11.8 Å². The van der Waals surface area contributed by atoms with Crippen LogP contribution in [0.1, 0.15) is 20.8 Å². The number of carbonyl (C=O) groups is 3. The van der Waals surface area contributed by atoms with E-state index in [0.29, 0.717) is 11.8 Å². The Morgan fingerprint density at radius 2 is 2.11 bits per heavy atom. The van der Waals surface area contributed by atoms with E-state index in [0.717, 1.165) is 0 Å². The van der Waals surface area contributed by atoms with Gasteiger partial charge >= 0.3 is 6.18 Å². The van der Waals surface area contributed by atoms with Gasteiger partial charge in [-0.05, 0) is 12.1 Å². The number of hydrogen-bond donors (Lipinski definition) is 2. The third kappa shape index (κ3) is 6.59. The van der Waals surface area contributed by atoms with Crippen LogP contribution in [0.5, 0.6) is 0 Å². The van der Waals surface area contributed by atoms with Crippen LogP contribution in [0.25, 0.3) is 0 Å². The molecule has 1 aromatic rings. The van der Waals surface area contributed by atoms with Crippen molar-refractivity contribution in [1.29, 1.82) is 0 Å². The van der Waals surface area contributed by atoms with Crippen LogP contribution < -0.4 is 11.1 Å². The molecule has 0 spiro atoms. The maximum absolute atomic E-state index is 12.5. The normalized spacial score (nSPS) is 16.9. The molecule has 0 fully saturated rings. The van der Waals surface area contributed by atoms with Crippen molar-refractivity contribution < 1.29 is 27.6 Å². The number of alkyl halides is 3. The molecule has 1 aromatic heterocycles. The number of halogens is 3. The van der Waals surface area contributed by atoms with Crippen LogP contribution in [-0.4, -0.2) is 64.4 Å². The minimum Gasteiger partial charge on any atom is -0.366 e. The Morgan fingerprint density at radius 1 is 1.37 bits per heavy atom. The fourth-order valence-corrected chi connectivity index (χ4v) is 2.96. The van der Waals surface area contributed by atoms with Gasteiger partial charge in [0.1, 0.15) is 5.69 Å². The molecule has 7 nitrogen and oxygen atoms in total. The van der Waals surface area contributed by atoms with Gasteiger partial charge in [-0.2, -0.15) is 13.2 Å². The van der Waals surface area contributed by atoms with Gasteiger partial charge in [-0.1, -0.05) is 12.2 Å². The minimum atomic E-state index is -4.33. The molecular weight excluding hydrogens is 385 g/mol. The van der Waals surface area contributed by atoms with Crippen molar-refractivity contribution in [1.82, 2.24) is 15.2 Å². The van der Waals surface area contributed by atoms with Crippen molar-refractivity contribution in [2.24, 2.45) is 5.73 Å². The van der Waals surface area contributed by atoms with Crippen LogP contribution in [0.2, 0.25) is 0 Å². The molecule has 0 saturated heterocycles. The van der Waals surface area contributed by atoms with Crippen molar-refractivity contribution in [3.63, 3.8) is 0 Å². The monoisotopic (exact) mass is 402 g/mol. The number of thioether (sulfide) groups is 1. The molecule has 0 bridgehead atoms. The fourth-order valence-electron chi connectivity index (χ4n) is 2.36. The molecule has 1 aliphatic heterocycles. The first-order valence-corrected chi connectivity index (χ1v) is 8.97. The Balaban J connectivity index is 1.91. The third-order valence-corrected chi connectivity index (χ3v) is 4.51. The smallest absolute Gasteiger partial charge is 0.366 e. The van der Waals surface area contributed by atoms with E-state index in [2.05, 4.69) is 10.3 Å². The number of nitrogens with one attached hydrogen (secondary N) is 1. The molecule has 1 aliphatic rings. The summed E-state index contributed by atoms with van der Waals surface area (Å²) in [7, 11) is 0. The van der Waals surface area contributed by atoms with E-state index >= 15 is 0 Å². The van der Waals surface area contributed by atoms with E-state index in [4.69, 9.17) is 5.73 Å². The van der Waals surface area contributed by atoms with Crippen molar-refractivity contribution in [2.45, 2.75) is 12.2 Å². The van der Waals surface area contributed by atoms with Gasteiger partial charge in [-0.3, -0.25) is 19.4 Å². The van der Waals surface area contributed by atoms with E-state index in [1.165, 1.54) is 23.2 Å². The van der Waals surface area contributed by atoms with Crippen LogP contribution in [0.4, 0.5) is 13.2 Å². The zero-order valence-corrected chi connectivity index (χ0v) is 14.8. The summed E-state index contributed by atoms with van der Waals surface area (Å²) in [4.78, 5) is 40.8. The van der Waals surface area contributed by atoms with Gasteiger partial charge in [0, 0.05) is 24.8 Å². The first kappa shape index (κ1) is 20.7. The molecule has 3 N–H and O–H groups in total. The number of amides is 3. The highest BCUT2D eigenvalue weighted by Crippen LogP contribution is 2.20. The summed E-state index contributed by atoms with van der Waals surface area (Å²) < 4.78 is 36.3. The fraction of sp³-hybridized carbons (Fsp3) is 0.375. The second-order valence-electron chi connectivity index (χ2n) is 5.71. The first-order chi connectivity index (χ1) is 12.7. The number of aromatic nitrogens is 1. The summed E-state index contributed by atoms with van der Waals surface area (Å²) in [5.74, 6) is -3.13. The van der Waals surface area contributed by atoms with Gasteiger partial charge in [0.15, 0.2) is 0 Å². The van der Waals surface area contributed by atoms with Gasteiger partial charge in [0.25, 0.3) is 5.91 Å². The van der Waals surface area contributed by atoms with Crippen molar-refractivity contribution >= 4 is 29.5 Å². The Labute approximate surface area is 157 Å². The maximum Gasteiger partial charge on any atom is 0.397 e. The number of primary amides is 1. The van der Waals surface area contributed by atoms with Crippen LogP contribution in [0.3, 0.4) is 0 Å². The average molecular weight is 402 g/mol. The molecule has 1 unspecified atom stereocenters. The summed E-state index contributed by atoms with van der Waals surface area (Å²) in [6.07, 6.45) is 0.298. The number of carbonyl (C=O) groups excluding carboxylic acids is 3. The summed E-state index contributed by atoms with van der Waals surface area (Å²) in [6.45, 7) is 0.407. The molecule has 3 amide bonds. The van der Waals surface area contributed by atoms with E-state index in [1.54, 1.807) is 12.2 Å². The molecule has 0 saturated carbocycles. The van der Waals surface area contributed by atoms with E-state index < -0.39 is 35.7 Å². The molecule has 0 radical (unpaired) electrons. The average Bonchev–Trinajstić information content (AvgIpc) is 2.60. The summed E-state index contributed by atoms with van der Waals surface area (Å²) >= 11 is 0.470. The summed E-state index contributed by atoms with van der Waals surface area (Å²) in [5, 5.41) is 2.57. The maximum atomic E-state index is 12.5. The first-order valence-electron chi connectivity index (χ1n) is 7.81. The number of hydrogen-bond acceptors (Lipinski definition) is 5. The number of nitrogens with zero attached hydrogens (tertiary/aromatic N) is 2. The Hall–Kier alpha value is -2.56. The lowest BCUT2D eigenvalue weighted by Crippen LogP contribution is -2.48. The molecule has 1 atom stereocenters. The zero-order chi connectivity index (χ0) is 20.0. The molecule has 0 aromatic carbocycles. The predicted molar refractivity (Wildman–Crippen MR) is 93.1 cm³/mol. The largest absolute Gasteiger partial charge is 0.397 e. The molecule has 0 aliphatic carbocycles. The van der Waals surface area contributed by atoms with Gasteiger partial charge in [-0.25, -0.2) is 0 Å². The Kier molecular flexibility index (Phi) is 6.83. The highest BCUT2D eigenvalue weighted by Gasteiger charge is 2.28. The molecule has 2 heterocycles. The Bertz CT molecular complexity index is 755. The van der Waals surface area contributed by atoms with Gasteiger partial charge < -0.3 is 16.0 Å².